The summed E-state index contributed by atoms with van der Waals surface area (Å²) in [6.07, 6.45) is 1.54. The monoisotopic (exact) mass is 423 g/mol. The zero-order valence-corrected chi connectivity index (χ0v) is 19.3. The molecule has 0 aliphatic heterocycles. The highest BCUT2D eigenvalue weighted by atomic mass is 32.1. The van der Waals surface area contributed by atoms with Crippen molar-refractivity contribution in [2.24, 2.45) is 0 Å². The molecule has 0 N–H and O–H groups in total. The molecule has 0 amide bonds. The van der Waals surface area contributed by atoms with Gasteiger partial charge in [0, 0.05) is 24.1 Å². The molecule has 0 aliphatic rings. The topological polar surface area (TPSA) is 68.9 Å². The molecule has 30 heavy (non-hydrogen) atoms. The molecule has 158 valence electrons. The Hall–Kier alpha value is -2.60. The fraction of sp³-hybridized carbons (Fsp3) is 0.417. The Morgan fingerprint density at radius 3 is 1.93 bits per heavy atom. The third kappa shape index (κ3) is 5.30. The third-order valence-corrected chi connectivity index (χ3v) is 6.19. The molecule has 1 aromatic heterocycles. The summed E-state index contributed by atoms with van der Waals surface area (Å²) in [5.41, 5.74) is 5.00. The number of nitrogens with zero attached hydrogens (tertiary/aromatic N) is 3. The first-order chi connectivity index (χ1) is 13.9. The van der Waals surface area contributed by atoms with Crippen molar-refractivity contribution < 1.29 is 4.92 Å². The maximum Gasteiger partial charge on any atom is 0.269 e. The minimum absolute atomic E-state index is 0.0550. The van der Waals surface area contributed by atoms with Gasteiger partial charge in [-0.2, -0.15) is 0 Å². The maximum absolute atomic E-state index is 10.8. The van der Waals surface area contributed by atoms with Crippen LogP contribution in [-0.4, -0.2) is 15.1 Å². The van der Waals surface area contributed by atoms with Gasteiger partial charge in [-0.1, -0.05) is 71.1 Å². The first-order valence-electron chi connectivity index (χ1n) is 10.2. The minimum atomic E-state index is -0.377. The second-order valence-electron chi connectivity index (χ2n) is 9.72. The number of nitro benzene ring substituents is 1. The van der Waals surface area contributed by atoms with Crippen LogP contribution in [-0.2, 0) is 23.7 Å². The highest BCUT2D eigenvalue weighted by molar-refractivity contribution is 7.14. The lowest BCUT2D eigenvalue weighted by Crippen LogP contribution is -2.16. The smallest absolute Gasteiger partial charge is 0.258 e. The van der Waals surface area contributed by atoms with Gasteiger partial charge in [0.25, 0.3) is 5.69 Å². The summed E-state index contributed by atoms with van der Waals surface area (Å²) in [7, 11) is 0. The van der Waals surface area contributed by atoms with Crippen molar-refractivity contribution in [1.29, 1.82) is 0 Å². The van der Waals surface area contributed by atoms with Gasteiger partial charge in [0.1, 0.15) is 10.0 Å². The van der Waals surface area contributed by atoms with Crippen LogP contribution in [0.15, 0.2) is 42.5 Å². The molecule has 0 atom stereocenters. The Morgan fingerprint density at radius 2 is 1.43 bits per heavy atom. The Morgan fingerprint density at radius 1 is 0.867 bits per heavy atom. The second-order valence-corrected chi connectivity index (χ2v) is 10.8. The van der Waals surface area contributed by atoms with Crippen molar-refractivity contribution in [2.75, 3.05) is 0 Å². The van der Waals surface area contributed by atoms with Crippen LogP contribution < -0.4 is 0 Å². The Balaban J connectivity index is 1.82. The summed E-state index contributed by atoms with van der Waals surface area (Å²) >= 11 is 1.62. The molecule has 3 rings (SSSR count). The van der Waals surface area contributed by atoms with Crippen molar-refractivity contribution in [1.82, 2.24) is 10.2 Å². The van der Waals surface area contributed by atoms with E-state index in [0.717, 1.165) is 34.0 Å². The van der Waals surface area contributed by atoms with Crippen molar-refractivity contribution in [3.8, 4) is 10.6 Å². The van der Waals surface area contributed by atoms with Crippen LogP contribution in [0.2, 0.25) is 0 Å². The molecule has 6 heteroatoms. The molecular weight excluding hydrogens is 394 g/mol. The van der Waals surface area contributed by atoms with E-state index < -0.39 is 0 Å². The average molecular weight is 424 g/mol. The van der Waals surface area contributed by atoms with Crippen molar-refractivity contribution >= 4 is 17.0 Å². The lowest BCUT2D eigenvalue weighted by atomic mass is 9.79. The van der Waals surface area contributed by atoms with Crippen molar-refractivity contribution in [3.05, 3.63) is 74.3 Å². The molecule has 2 aromatic carbocycles. The highest BCUT2D eigenvalue weighted by Crippen LogP contribution is 2.35. The Kier molecular flexibility index (Phi) is 6.09. The van der Waals surface area contributed by atoms with Gasteiger partial charge in [0.05, 0.1) is 4.92 Å². The van der Waals surface area contributed by atoms with Crippen LogP contribution in [0, 0.1) is 10.1 Å². The number of aryl methyl sites for hydroxylation is 2. The van der Waals surface area contributed by atoms with E-state index in [1.807, 2.05) is 12.1 Å². The second kappa shape index (κ2) is 8.26. The van der Waals surface area contributed by atoms with Crippen LogP contribution in [0.3, 0.4) is 0 Å². The quantitative estimate of drug-likeness (QED) is 0.347. The predicted molar refractivity (Wildman–Crippen MR) is 123 cm³/mol. The molecule has 3 aromatic rings. The first-order valence-corrected chi connectivity index (χ1v) is 11.0. The number of aromatic nitrogens is 2. The van der Waals surface area contributed by atoms with E-state index in [1.165, 1.54) is 11.1 Å². The molecule has 5 nitrogen and oxygen atoms in total. The highest BCUT2D eigenvalue weighted by Gasteiger charge is 2.22. The van der Waals surface area contributed by atoms with E-state index in [9.17, 15) is 10.1 Å². The number of non-ortho nitro benzene ring substituents is 1. The van der Waals surface area contributed by atoms with Crippen molar-refractivity contribution in [3.63, 3.8) is 0 Å². The largest absolute Gasteiger partial charge is 0.269 e. The van der Waals surface area contributed by atoms with Crippen LogP contribution >= 0.6 is 11.3 Å². The van der Waals surface area contributed by atoms with Crippen LogP contribution in [0.4, 0.5) is 5.69 Å². The van der Waals surface area contributed by atoms with Gasteiger partial charge in [-0.25, -0.2) is 0 Å². The van der Waals surface area contributed by atoms with E-state index in [4.69, 9.17) is 0 Å². The molecule has 0 bridgehead atoms. The maximum atomic E-state index is 10.8. The number of benzene rings is 2. The van der Waals surface area contributed by atoms with E-state index in [-0.39, 0.29) is 21.4 Å². The fourth-order valence-corrected chi connectivity index (χ4v) is 3.95. The number of nitro groups is 1. The molecule has 0 saturated carbocycles. The lowest BCUT2D eigenvalue weighted by molar-refractivity contribution is -0.384. The lowest BCUT2D eigenvalue weighted by Gasteiger charge is -2.25. The van der Waals surface area contributed by atoms with E-state index in [1.54, 1.807) is 23.5 Å². The SMILES string of the molecule is CC(C)(C)c1cc(-c2nnc(CCc3ccc([N+](=O)[O-])cc3)s2)cc(C(C)(C)C)c1. The van der Waals surface area contributed by atoms with Gasteiger partial charge in [0.15, 0.2) is 0 Å². The van der Waals surface area contributed by atoms with Crippen LogP contribution in [0.25, 0.3) is 10.6 Å². The van der Waals surface area contributed by atoms with E-state index in [2.05, 4.69) is 69.9 Å². The Labute approximate surface area is 182 Å². The van der Waals surface area contributed by atoms with Gasteiger partial charge in [-0.3, -0.25) is 10.1 Å². The van der Waals surface area contributed by atoms with Gasteiger partial charge < -0.3 is 0 Å². The molecule has 1 heterocycles. The Bertz CT molecular complexity index is 1010. The summed E-state index contributed by atoms with van der Waals surface area (Å²) < 4.78 is 0. The molecule has 0 fully saturated rings. The van der Waals surface area contributed by atoms with Gasteiger partial charge in [-0.15, -0.1) is 10.2 Å². The summed E-state index contributed by atoms with van der Waals surface area (Å²) in [5, 5.41) is 21.6. The van der Waals surface area contributed by atoms with E-state index in [0.29, 0.717) is 0 Å². The van der Waals surface area contributed by atoms with Crippen molar-refractivity contribution in [2.45, 2.75) is 65.2 Å². The molecule has 0 unspecified atom stereocenters. The zero-order chi connectivity index (χ0) is 22.1. The van der Waals surface area contributed by atoms with Gasteiger partial charge in [-0.05, 0) is 46.1 Å². The van der Waals surface area contributed by atoms with Crippen LogP contribution in [0.1, 0.15) is 63.2 Å². The number of hydrogen-bond donors (Lipinski definition) is 0. The first kappa shape index (κ1) is 22.1. The molecule has 0 aliphatic carbocycles. The minimum Gasteiger partial charge on any atom is -0.258 e. The predicted octanol–water partition coefficient (Wildman–Crippen LogP) is 6.49. The van der Waals surface area contributed by atoms with E-state index >= 15 is 0 Å². The van der Waals surface area contributed by atoms with Gasteiger partial charge >= 0.3 is 0 Å². The number of hydrogen-bond acceptors (Lipinski definition) is 5. The normalized spacial score (nSPS) is 12.2. The summed E-state index contributed by atoms with van der Waals surface area (Å²) in [6.45, 7) is 13.4. The van der Waals surface area contributed by atoms with Crippen LogP contribution in [0.5, 0.6) is 0 Å². The standard InChI is InChI=1S/C24H29N3O2S/c1-23(2,3)18-13-17(14-19(15-18)24(4,5)6)22-26-25-21(30-22)12-9-16-7-10-20(11-8-16)27(28)29/h7-8,10-11,13-15H,9,12H2,1-6H3. The van der Waals surface area contributed by atoms with Gasteiger partial charge in [0.2, 0.25) is 0 Å². The zero-order valence-electron chi connectivity index (χ0n) is 18.5. The number of rotatable bonds is 5. The molecule has 0 saturated heterocycles. The summed E-state index contributed by atoms with van der Waals surface area (Å²) in [6, 6.07) is 13.5. The summed E-state index contributed by atoms with van der Waals surface area (Å²) in [4.78, 5) is 10.4. The molecule has 0 radical (unpaired) electrons. The third-order valence-electron chi connectivity index (χ3n) is 5.15. The molecule has 0 spiro atoms. The average Bonchev–Trinajstić information content (AvgIpc) is 3.14. The molecular formula is C24H29N3O2S. The fourth-order valence-electron chi connectivity index (χ4n) is 3.12. The summed E-state index contributed by atoms with van der Waals surface area (Å²) in [5.74, 6) is 0.